The monoisotopic (exact) mass is 520 g/mol. The van der Waals surface area contributed by atoms with Gasteiger partial charge in [0.15, 0.2) is 0 Å². The molecule has 0 saturated carbocycles. The molecule has 0 fully saturated rings. The van der Waals surface area contributed by atoms with Crippen LogP contribution in [-0.4, -0.2) is 29.4 Å². The van der Waals surface area contributed by atoms with E-state index in [-0.39, 0.29) is 43.4 Å². The number of benzene rings is 2. The van der Waals surface area contributed by atoms with Crippen molar-refractivity contribution < 1.29 is 41.6 Å². The number of aliphatic hydroxyl groups excluding tert-OH is 2. The molecule has 5 heteroatoms. The average Bonchev–Trinajstić information content (AvgIpc) is 3.10. The van der Waals surface area contributed by atoms with Gasteiger partial charge in [-0.1, -0.05) is 41.7 Å². The third-order valence-electron chi connectivity index (χ3n) is 3.20. The zero-order valence-electron chi connectivity index (χ0n) is 18.6. The fourth-order valence-corrected chi connectivity index (χ4v) is 2.26. The third kappa shape index (κ3) is 4.53. The quantitative estimate of drug-likeness (QED) is 0.374. The fraction of sp³-hybridized carbons (Fsp3) is 0.150. The molecule has 0 aliphatic carbocycles. The summed E-state index contributed by atoms with van der Waals surface area (Å²) in [7, 11) is 2.00. The van der Waals surface area contributed by atoms with Crippen LogP contribution in [0.1, 0.15) is 12.4 Å². The summed E-state index contributed by atoms with van der Waals surface area (Å²) in [4.78, 5) is 4.10. The van der Waals surface area contributed by atoms with Crippen molar-refractivity contribution >= 4 is 21.9 Å². The van der Waals surface area contributed by atoms with Crippen molar-refractivity contribution in [3.63, 3.8) is 0 Å². The molecule has 2 aromatic carbocycles. The number of hydrogen-bond acceptors (Lipinski definition) is 4. The van der Waals surface area contributed by atoms with E-state index in [1.54, 1.807) is 12.1 Å². The molecule has 133 valence electrons. The number of hydrogen-bond donors (Lipinski definition) is 2. The van der Waals surface area contributed by atoms with Crippen molar-refractivity contribution in [3.05, 3.63) is 66.3 Å². The zero-order valence-corrected chi connectivity index (χ0v) is 16.0. The molecule has 1 radical (unpaired) electrons. The normalized spacial score (nSPS) is 12.9. The molecule has 2 N–H and O–H groups in total. The van der Waals surface area contributed by atoms with Crippen LogP contribution in [-0.2, 0) is 20.1 Å². The first kappa shape index (κ1) is 14.2. The number of aliphatic hydroxyl groups is 2. The van der Waals surface area contributed by atoms with Crippen LogP contribution in [0.25, 0.3) is 33.2 Å². The molecule has 4 nitrogen and oxygen atoms in total. The number of para-hydroxylation sites is 1. The van der Waals surface area contributed by atoms with Gasteiger partial charge in [0.2, 0.25) is 0 Å². The Kier molecular flexibility index (Phi) is 5.70. The van der Waals surface area contributed by atoms with E-state index in [0.717, 1.165) is 36.8 Å². The van der Waals surface area contributed by atoms with Gasteiger partial charge in [0.1, 0.15) is 5.58 Å². The second-order valence-corrected chi connectivity index (χ2v) is 4.49. The summed E-state index contributed by atoms with van der Waals surface area (Å²) in [6.45, 7) is -2.47. The first-order chi connectivity index (χ1) is 13.9. The van der Waals surface area contributed by atoms with Gasteiger partial charge < -0.3 is 19.6 Å². The van der Waals surface area contributed by atoms with E-state index in [1.807, 2.05) is 24.3 Å². The van der Waals surface area contributed by atoms with Crippen molar-refractivity contribution in [2.45, 2.75) is 6.85 Å². The largest absolute Gasteiger partial charge is 0.476 e. The van der Waals surface area contributed by atoms with Crippen LogP contribution in [0.5, 0.6) is 0 Å². The number of fused-ring (bicyclic) bond motifs is 3. The van der Waals surface area contributed by atoms with Gasteiger partial charge in [0.05, 0.1) is 8.32 Å². The SMILES string of the molecule is CO.CO.[2H]c1c(C([2H])([2H])[2H])cnc(-c2[c-]cc3c(c2)oc2ccccc23)c1[2H].[Ir]. The molecule has 0 bridgehead atoms. The number of rotatable bonds is 1. The van der Waals surface area contributed by atoms with Crippen molar-refractivity contribution in [3.8, 4) is 11.3 Å². The van der Waals surface area contributed by atoms with Gasteiger partial charge in [-0.15, -0.1) is 17.7 Å². The summed E-state index contributed by atoms with van der Waals surface area (Å²) in [5.41, 5.74) is 1.84. The minimum atomic E-state index is -2.47. The van der Waals surface area contributed by atoms with Crippen molar-refractivity contribution in [1.29, 1.82) is 0 Å². The maximum atomic E-state index is 8.12. The predicted octanol–water partition coefficient (Wildman–Crippen LogP) is 3.97. The van der Waals surface area contributed by atoms with E-state index < -0.39 is 6.85 Å². The second-order valence-electron chi connectivity index (χ2n) is 4.49. The smallest absolute Gasteiger partial charge is 0.123 e. The standard InChI is InChI=1S/C18H12NO.2CH4O.Ir/c1-12-6-9-16(19-11-12)13-7-8-15-14-4-2-3-5-17(14)20-18(15)10-13;2*1-2;/h2-6,8-11H,1H3;2*2H,1H3;/q-1;;;/i1D3,6D,9D;;;. The topological polar surface area (TPSA) is 66.5 Å². The van der Waals surface area contributed by atoms with E-state index in [9.17, 15) is 0 Å². The van der Waals surface area contributed by atoms with Gasteiger partial charge in [0, 0.05) is 44.6 Å². The fourth-order valence-electron chi connectivity index (χ4n) is 2.26. The van der Waals surface area contributed by atoms with Crippen LogP contribution in [0.4, 0.5) is 0 Å². The maximum Gasteiger partial charge on any atom is 0.123 e. The molecule has 0 unspecified atom stereocenters. The third-order valence-corrected chi connectivity index (χ3v) is 3.20. The van der Waals surface area contributed by atoms with E-state index in [0.29, 0.717) is 11.1 Å². The number of pyridine rings is 1. The minimum Gasteiger partial charge on any atom is -0.476 e. The molecular formula is C20H20IrNO3-. The van der Waals surface area contributed by atoms with Gasteiger partial charge in [-0.2, -0.15) is 0 Å². The number of furan rings is 1. The molecule has 4 rings (SSSR count). The molecule has 0 atom stereocenters. The van der Waals surface area contributed by atoms with Crippen LogP contribution in [0, 0.1) is 12.9 Å². The Bertz CT molecular complexity index is 1130. The Morgan fingerprint density at radius 1 is 1.08 bits per heavy atom. The van der Waals surface area contributed by atoms with Crippen LogP contribution < -0.4 is 0 Å². The molecule has 0 amide bonds. The van der Waals surface area contributed by atoms with Gasteiger partial charge >= 0.3 is 0 Å². The minimum absolute atomic E-state index is 0. The van der Waals surface area contributed by atoms with Crippen LogP contribution >= 0.6 is 0 Å². The molecule has 0 aliphatic heterocycles. The van der Waals surface area contributed by atoms with Crippen LogP contribution in [0.3, 0.4) is 0 Å². The number of aromatic nitrogens is 1. The van der Waals surface area contributed by atoms with Gasteiger partial charge in [-0.25, -0.2) is 0 Å². The van der Waals surface area contributed by atoms with Gasteiger partial charge in [-0.05, 0) is 29.6 Å². The summed E-state index contributed by atoms with van der Waals surface area (Å²) in [5.74, 6) is 0. The van der Waals surface area contributed by atoms with Crippen LogP contribution in [0.2, 0.25) is 0 Å². The Labute approximate surface area is 167 Å². The summed E-state index contributed by atoms with van der Waals surface area (Å²) < 4.78 is 44.2. The molecular weight excluding hydrogens is 494 g/mol. The summed E-state index contributed by atoms with van der Waals surface area (Å²) in [6.07, 6.45) is 1.14. The van der Waals surface area contributed by atoms with E-state index >= 15 is 0 Å². The van der Waals surface area contributed by atoms with E-state index in [2.05, 4.69) is 11.1 Å². The molecule has 4 aromatic rings. The molecule has 0 aliphatic rings. The Morgan fingerprint density at radius 2 is 1.84 bits per heavy atom. The van der Waals surface area contributed by atoms with Crippen LogP contribution in [0.15, 0.2) is 59.1 Å². The zero-order chi connectivity index (χ0) is 21.8. The van der Waals surface area contributed by atoms with Crippen molar-refractivity contribution in [2.75, 3.05) is 14.2 Å². The van der Waals surface area contributed by atoms with E-state index in [4.69, 9.17) is 21.5 Å². The molecule has 25 heavy (non-hydrogen) atoms. The van der Waals surface area contributed by atoms with Gasteiger partial charge in [-0.3, -0.25) is 0 Å². The number of aryl methyl sites for hydroxylation is 1. The second kappa shape index (κ2) is 10.1. The molecule has 0 spiro atoms. The Balaban J connectivity index is 0.000000851. The van der Waals surface area contributed by atoms with E-state index in [1.165, 1.54) is 0 Å². The number of nitrogens with zero attached hydrogens (tertiary/aromatic N) is 1. The Morgan fingerprint density at radius 3 is 2.60 bits per heavy atom. The maximum absolute atomic E-state index is 8.12. The summed E-state index contributed by atoms with van der Waals surface area (Å²) >= 11 is 0. The molecule has 0 saturated heterocycles. The van der Waals surface area contributed by atoms with Gasteiger partial charge in [0.25, 0.3) is 0 Å². The average molecular weight is 520 g/mol. The molecule has 2 heterocycles. The first-order valence-electron chi connectivity index (χ1n) is 9.56. The van der Waals surface area contributed by atoms with Crippen molar-refractivity contribution in [1.82, 2.24) is 4.98 Å². The molecule has 2 aromatic heterocycles. The van der Waals surface area contributed by atoms with Crippen molar-refractivity contribution in [2.24, 2.45) is 0 Å². The predicted molar refractivity (Wildman–Crippen MR) is 96.8 cm³/mol. The Hall–Kier alpha value is -2.04. The summed E-state index contributed by atoms with van der Waals surface area (Å²) in [5, 5.41) is 15.9. The first-order valence-corrected chi connectivity index (χ1v) is 7.06. The summed E-state index contributed by atoms with van der Waals surface area (Å²) in [6, 6.07) is 13.6.